The van der Waals surface area contributed by atoms with Crippen LogP contribution in [0.4, 0.5) is 4.79 Å². The molecule has 0 unspecified atom stereocenters. The molecule has 0 aliphatic heterocycles. The van der Waals surface area contributed by atoms with Gasteiger partial charge in [0.1, 0.15) is 18.7 Å². The number of carbonyl (C=O) groups is 3. The first kappa shape index (κ1) is 22.2. The van der Waals surface area contributed by atoms with Gasteiger partial charge in [-0.2, -0.15) is 0 Å². The van der Waals surface area contributed by atoms with Crippen molar-refractivity contribution in [3.05, 3.63) is 70.7 Å². The minimum atomic E-state index is -1.36. The van der Waals surface area contributed by atoms with Gasteiger partial charge in [-0.1, -0.05) is 54.1 Å². The Kier molecular flexibility index (Phi) is 8.45. The van der Waals surface area contributed by atoms with Gasteiger partial charge in [-0.25, -0.2) is 9.59 Å². The summed E-state index contributed by atoms with van der Waals surface area (Å²) in [5.74, 6) is -2.10. The van der Waals surface area contributed by atoms with Crippen LogP contribution in [0.25, 0.3) is 0 Å². The standard InChI is InChI=1S/C20H21ClN2O6/c21-15-8-6-13(7-9-15)10-16(19(26)27)22-18(25)17(11-24)23-20(28)29-12-14-4-2-1-3-5-14/h1-9,16-17,24H,10-12H2,(H,22,25)(H,23,28)(H,26,27)/t16-,17-/m0/s1. The van der Waals surface area contributed by atoms with Crippen LogP contribution in [-0.4, -0.2) is 46.9 Å². The molecule has 0 saturated heterocycles. The summed E-state index contributed by atoms with van der Waals surface area (Å²) < 4.78 is 5.00. The summed E-state index contributed by atoms with van der Waals surface area (Å²) in [6.45, 7) is -0.736. The molecule has 2 amide bonds. The highest BCUT2D eigenvalue weighted by Gasteiger charge is 2.26. The molecule has 0 bridgehead atoms. The van der Waals surface area contributed by atoms with Crippen molar-refractivity contribution in [3.8, 4) is 0 Å². The maximum atomic E-state index is 12.3. The molecule has 8 nitrogen and oxygen atoms in total. The van der Waals surface area contributed by atoms with Gasteiger partial charge in [-0.3, -0.25) is 4.79 Å². The number of ether oxygens (including phenoxy) is 1. The van der Waals surface area contributed by atoms with Crippen LogP contribution in [0.5, 0.6) is 0 Å². The Balaban J connectivity index is 1.91. The number of nitrogens with one attached hydrogen (secondary N) is 2. The number of benzene rings is 2. The molecule has 0 fully saturated rings. The largest absolute Gasteiger partial charge is 0.480 e. The van der Waals surface area contributed by atoms with Gasteiger partial charge in [-0.05, 0) is 23.3 Å². The van der Waals surface area contributed by atoms with E-state index in [-0.39, 0.29) is 13.0 Å². The molecule has 0 saturated carbocycles. The second-order valence-corrected chi connectivity index (χ2v) is 6.61. The first-order chi connectivity index (χ1) is 13.9. The topological polar surface area (TPSA) is 125 Å². The normalized spacial score (nSPS) is 12.5. The van der Waals surface area contributed by atoms with Gasteiger partial charge < -0.3 is 25.6 Å². The predicted octanol–water partition coefficient (Wildman–Crippen LogP) is 1.74. The molecular weight excluding hydrogens is 400 g/mol. The highest BCUT2D eigenvalue weighted by molar-refractivity contribution is 6.30. The number of hydrogen-bond acceptors (Lipinski definition) is 5. The van der Waals surface area contributed by atoms with Crippen LogP contribution >= 0.6 is 11.6 Å². The summed E-state index contributed by atoms with van der Waals surface area (Å²) in [4.78, 5) is 35.7. The molecule has 2 aromatic rings. The zero-order valence-electron chi connectivity index (χ0n) is 15.4. The molecule has 4 N–H and O–H groups in total. The van der Waals surface area contributed by atoms with E-state index in [2.05, 4.69) is 10.6 Å². The smallest absolute Gasteiger partial charge is 0.408 e. The number of carboxylic acid groups (broad SMARTS) is 1. The van der Waals surface area contributed by atoms with Crippen LogP contribution < -0.4 is 10.6 Å². The van der Waals surface area contributed by atoms with Crippen molar-refractivity contribution < 1.29 is 29.3 Å². The number of alkyl carbamates (subject to hydrolysis) is 1. The third kappa shape index (κ3) is 7.44. The number of carboxylic acids is 1. The lowest BCUT2D eigenvalue weighted by molar-refractivity contribution is -0.142. The summed E-state index contributed by atoms with van der Waals surface area (Å²) in [6, 6.07) is 12.8. The molecule has 2 aromatic carbocycles. The van der Waals surface area contributed by atoms with Gasteiger partial charge in [-0.15, -0.1) is 0 Å². The van der Waals surface area contributed by atoms with Gasteiger partial charge in [0.15, 0.2) is 0 Å². The second-order valence-electron chi connectivity index (χ2n) is 6.17. The summed E-state index contributed by atoms with van der Waals surface area (Å²) >= 11 is 5.80. The molecule has 2 atom stereocenters. The van der Waals surface area contributed by atoms with Gasteiger partial charge in [0.2, 0.25) is 5.91 Å². The molecule has 29 heavy (non-hydrogen) atoms. The Labute approximate surface area is 172 Å². The van der Waals surface area contributed by atoms with Crippen LogP contribution in [-0.2, 0) is 27.4 Å². The van der Waals surface area contributed by atoms with Gasteiger partial charge in [0.05, 0.1) is 6.61 Å². The zero-order chi connectivity index (χ0) is 21.2. The third-order valence-corrected chi connectivity index (χ3v) is 4.22. The molecule has 0 aliphatic rings. The average molecular weight is 421 g/mol. The molecule has 0 aromatic heterocycles. The number of hydrogen-bond donors (Lipinski definition) is 4. The number of carbonyl (C=O) groups excluding carboxylic acids is 2. The van der Waals surface area contributed by atoms with E-state index in [4.69, 9.17) is 16.3 Å². The molecule has 0 radical (unpaired) electrons. The Morgan fingerprint density at radius 3 is 2.17 bits per heavy atom. The number of halogens is 1. The summed E-state index contributed by atoms with van der Waals surface area (Å²) in [6.07, 6.45) is -0.901. The SMILES string of the molecule is O=C(N[C@@H](CO)C(=O)N[C@@H](Cc1ccc(Cl)cc1)C(=O)O)OCc1ccccc1. The van der Waals surface area contributed by atoms with E-state index in [1.807, 2.05) is 6.07 Å². The molecule has 154 valence electrons. The molecule has 0 spiro atoms. The first-order valence-electron chi connectivity index (χ1n) is 8.74. The van der Waals surface area contributed by atoms with Crippen LogP contribution in [0.2, 0.25) is 5.02 Å². The summed E-state index contributed by atoms with van der Waals surface area (Å²) in [5, 5.41) is 23.8. The fourth-order valence-electron chi connectivity index (χ4n) is 2.43. The maximum Gasteiger partial charge on any atom is 0.408 e. The highest BCUT2D eigenvalue weighted by Crippen LogP contribution is 2.11. The van der Waals surface area contributed by atoms with E-state index < -0.39 is 36.7 Å². The van der Waals surface area contributed by atoms with Crippen LogP contribution in [0.15, 0.2) is 54.6 Å². The van der Waals surface area contributed by atoms with Crippen molar-refractivity contribution in [2.45, 2.75) is 25.1 Å². The Hall–Kier alpha value is -3.10. The first-order valence-corrected chi connectivity index (χ1v) is 9.12. The Bertz CT molecular complexity index is 829. The van der Waals surface area contributed by atoms with Crippen molar-refractivity contribution in [1.82, 2.24) is 10.6 Å². The minimum absolute atomic E-state index is 0.00877. The lowest BCUT2D eigenvalue weighted by Gasteiger charge is -2.20. The van der Waals surface area contributed by atoms with E-state index in [9.17, 15) is 24.6 Å². The van der Waals surface area contributed by atoms with Gasteiger partial charge in [0.25, 0.3) is 0 Å². The van der Waals surface area contributed by atoms with E-state index in [1.165, 1.54) is 0 Å². The Morgan fingerprint density at radius 1 is 0.931 bits per heavy atom. The summed E-state index contributed by atoms with van der Waals surface area (Å²) in [5.41, 5.74) is 1.40. The number of aliphatic carboxylic acids is 1. The second kappa shape index (κ2) is 11.0. The van der Waals surface area contributed by atoms with E-state index in [0.29, 0.717) is 10.6 Å². The van der Waals surface area contributed by atoms with E-state index >= 15 is 0 Å². The van der Waals surface area contributed by atoms with Crippen LogP contribution in [0, 0.1) is 0 Å². The number of aliphatic hydroxyl groups excluding tert-OH is 1. The lowest BCUT2D eigenvalue weighted by Crippen LogP contribution is -2.53. The molecule has 9 heteroatoms. The van der Waals surface area contributed by atoms with Crippen molar-refractivity contribution in [3.63, 3.8) is 0 Å². The van der Waals surface area contributed by atoms with Gasteiger partial charge in [0, 0.05) is 11.4 Å². The minimum Gasteiger partial charge on any atom is -0.480 e. The zero-order valence-corrected chi connectivity index (χ0v) is 16.1. The molecule has 0 aliphatic carbocycles. The van der Waals surface area contributed by atoms with E-state index in [0.717, 1.165) is 5.56 Å². The monoisotopic (exact) mass is 420 g/mol. The van der Waals surface area contributed by atoms with Crippen molar-refractivity contribution in [2.75, 3.05) is 6.61 Å². The number of rotatable bonds is 9. The average Bonchev–Trinajstić information content (AvgIpc) is 2.72. The van der Waals surface area contributed by atoms with Gasteiger partial charge >= 0.3 is 12.1 Å². The molecule has 0 heterocycles. The fraction of sp³-hybridized carbons (Fsp3) is 0.250. The predicted molar refractivity (Wildman–Crippen MR) is 105 cm³/mol. The Morgan fingerprint density at radius 2 is 1.59 bits per heavy atom. The fourth-order valence-corrected chi connectivity index (χ4v) is 2.56. The number of amides is 2. The van der Waals surface area contributed by atoms with Crippen molar-refractivity contribution in [2.24, 2.45) is 0 Å². The summed E-state index contributed by atoms with van der Waals surface area (Å²) in [7, 11) is 0. The van der Waals surface area contributed by atoms with Crippen molar-refractivity contribution in [1.29, 1.82) is 0 Å². The highest BCUT2D eigenvalue weighted by atomic mass is 35.5. The third-order valence-electron chi connectivity index (χ3n) is 3.97. The van der Waals surface area contributed by atoms with Crippen LogP contribution in [0.3, 0.4) is 0 Å². The molecule has 2 rings (SSSR count). The van der Waals surface area contributed by atoms with Crippen molar-refractivity contribution >= 4 is 29.6 Å². The van der Waals surface area contributed by atoms with E-state index in [1.54, 1.807) is 48.5 Å². The molecular formula is C20H21ClN2O6. The van der Waals surface area contributed by atoms with Crippen LogP contribution in [0.1, 0.15) is 11.1 Å². The lowest BCUT2D eigenvalue weighted by atomic mass is 10.1. The number of aliphatic hydroxyl groups is 1. The quantitative estimate of drug-likeness (QED) is 0.489. The maximum absolute atomic E-state index is 12.3.